The van der Waals surface area contributed by atoms with Crippen LogP contribution in [0.1, 0.15) is 23.3 Å². The van der Waals surface area contributed by atoms with Crippen LogP contribution in [-0.4, -0.2) is 23.1 Å². The summed E-state index contributed by atoms with van der Waals surface area (Å²) in [5.41, 5.74) is 3.64. The molecular formula is C18H20N4S. The van der Waals surface area contributed by atoms with Crippen LogP contribution in [0.25, 0.3) is 10.2 Å². The molecule has 118 valence electrons. The SMILES string of the molecule is Cc1sc2ncnc(Nc3ccc(N4CCCC4)cc3)c2c1C. The first-order chi connectivity index (χ1) is 11.2. The maximum Gasteiger partial charge on any atom is 0.142 e. The first-order valence-corrected chi connectivity index (χ1v) is 8.87. The third-order valence-electron chi connectivity index (χ3n) is 4.57. The lowest BCUT2D eigenvalue weighted by Gasteiger charge is -2.18. The van der Waals surface area contributed by atoms with Crippen LogP contribution in [0.5, 0.6) is 0 Å². The molecule has 0 radical (unpaired) electrons. The predicted molar refractivity (Wildman–Crippen MR) is 98.1 cm³/mol. The first kappa shape index (κ1) is 14.5. The Morgan fingerprint density at radius 2 is 1.78 bits per heavy atom. The largest absolute Gasteiger partial charge is 0.372 e. The van der Waals surface area contributed by atoms with Crippen LogP contribution in [0.4, 0.5) is 17.2 Å². The van der Waals surface area contributed by atoms with Gasteiger partial charge in [0.25, 0.3) is 0 Å². The van der Waals surface area contributed by atoms with Crippen LogP contribution in [0.3, 0.4) is 0 Å². The fourth-order valence-electron chi connectivity index (χ4n) is 3.14. The molecule has 0 unspecified atom stereocenters. The minimum Gasteiger partial charge on any atom is -0.372 e. The molecule has 1 fully saturated rings. The summed E-state index contributed by atoms with van der Waals surface area (Å²) < 4.78 is 0. The van der Waals surface area contributed by atoms with Gasteiger partial charge in [0, 0.05) is 29.3 Å². The molecular weight excluding hydrogens is 304 g/mol. The van der Waals surface area contributed by atoms with Gasteiger partial charge in [0.2, 0.25) is 0 Å². The highest BCUT2D eigenvalue weighted by Gasteiger charge is 2.13. The quantitative estimate of drug-likeness (QED) is 0.761. The summed E-state index contributed by atoms with van der Waals surface area (Å²) in [5.74, 6) is 0.894. The van der Waals surface area contributed by atoms with Crippen molar-refractivity contribution in [3.63, 3.8) is 0 Å². The number of thiophene rings is 1. The number of nitrogens with zero attached hydrogens (tertiary/aromatic N) is 3. The van der Waals surface area contributed by atoms with E-state index in [0.717, 1.165) is 21.7 Å². The van der Waals surface area contributed by atoms with E-state index in [2.05, 4.69) is 58.3 Å². The maximum atomic E-state index is 4.45. The van der Waals surface area contributed by atoms with Gasteiger partial charge in [-0.2, -0.15) is 0 Å². The second-order valence-corrected chi connectivity index (χ2v) is 7.25. The van der Waals surface area contributed by atoms with E-state index >= 15 is 0 Å². The van der Waals surface area contributed by atoms with Crippen molar-refractivity contribution in [2.24, 2.45) is 0 Å². The van der Waals surface area contributed by atoms with E-state index in [1.54, 1.807) is 17.7 Å². The summed E-state index contributed by atoms with van der Waals surface area (Å²) in [5, 5.41) is 4.59. The number of hydrogen-bond donors (Lipinski definition) is 1. The number of rotatable bonds is 3. The van der Waals surface area contributed by atoms with Gasteiger partial charge in [0.1, 0.15) is 17.0 Å². The van der Waals surface area contributed by atoms with Crippen molar-refractivity contribution in [2.75, 3.05) is 23.3 Å². The fourth-order valence-corrected chi connectivity index (χ4v) is 4.14. The van der Waals surface area contributed by atoms with E-state index in [4.69, 9.17) is 0 Å². The van der Waals surface area contributed by atoms with Gasteiger partial charge in [0.05, 0.1) is 5.39 Å². The van der Waals surface area contributed by atoms with E-state index in [0.29, 0.717) is 0 Å². The topological polar surface area (TPSA) is 41.1 Å². The van der Waals surface area contributed by atoms with Gasteiger partial charge in [-0.3, -0.25) is 0 Å². The lowest BCUT2D eigenvalue weighted by Crippen LogP contribution is -2.17. The maximum absolute atomic E-state index is 4.45. The molecule has 0 spiro atoms. The summed E-state index contributed by atoms with van der Waals surface area (Å²) >= 11 is 1.72. The Kier molecular flexibility index (Phi) is 3.65. The molecule has 0 atom stereocenters. The molecule has 1 saturated heterocycles. The minimum absolute atomic E-state index is 0.894. The molecule has 0 bridgehead atoms. The Morgan fingerprint density at radius 1 is 1.04 bits per heavy atom. The average Bonchev–Trinajstić information content (AvgIpc) is 3.18. The van der Waals surface area contributed by atoms with Crippen molar-refractivity contribution in [1.29, 1.82) is 0 Å². The zero-order valence-electron chi connectivity index (χ0n) is 13.5. The molecule has 1 aromatic carbocycles. The van der Waals surface area contributed by atoms with Crippen LogP contribution in [0.2, 0.25) is 0 Å². The average molecular weight is 324 g/mol. The standard InChI is InChI=1S/C18H20N4S/c1-12-13(2)23-18-16(12)17(19-11-20-18)21-14-5-7-15(8-6-14)22-9-3-4-10-22/h5-8,11H,3-4,9-10H2,1-2H3,(H,19,20,21). The third-order valence-corrected chi connectivity index (χ3v) is 5.68. The molecule has 1 aliphatic heterocycles. The molecule has 1 aliphatic rings. The van der Waals surface area contributed by atoms with Crippen molar-refractivity contribution in [3.8, 4) is 0 Å². The van der Waals surface area contributed by atoms with E-state index in [-0.39, 0.29) is 0 Å². The number of nitrogens with one attached hydrogen (secondary N) is 1. The van der Waals surface area contributed by atoms with Gasteiger partial charge in [-0.1, -0.05) is 0 Å². The van der Waals surface area contributed by atoms with Gasteiger partial charge >= 0.3 is 0 Å². The Labute approximate surface area is 140 Å². The normalized spacial score (nSPS) is 14.6. The first-order valence-electron chi connectivity index (χ1n) is 8.05. The lowest BCUT2D eigenvalue weighted by molar-refractivity contribution is 0.949. The second-order valence-electron chi connectivity index (χ2n) is 6.05. The Morgan fingerprint density at radius 3 is 2.52 bits per heavy atom. The minimum atomic E-state index is 0.894. The molecule has 1 N–H and O–H groups in total. The molecule has 0 amide bonds. The highest BCUT2D eigenvalue weighted by Crippen LogP contribution is 2.34. The van der Waals surface area contributed by atoms with Gasteiger partial charge < -0.3 is 10.2 Å². The van der Waals surface area contributed by atoms with Crippen LogP contribution in [0.15, 0.2) is 30.6 Å². The Bertz CT molecular complexity index is 832. The van der Waals surface area contributed by atoms with Crippen LogP contribution in [0, 0.1) is 13.8 Å². The van der Waals surface area contributed by atoms with Gasteiger partial charge in [-0.05, 0) is 56.5 Å². The van der Waals surface area contributed by atoms with E-state index in [1.165, 1.54) is 42.1 Å². The highest BCUT2D eigenvalue weighted by atomic mass is 32.1. The Hall–Kier alpha value is -2.14. The summed E-state index contributed by atoms with van der Waals surface area (Å²) in [7, 11) is 0. The number of aromatic nitrogens is 2. The lowest BCUT2D eigenvalue weighted by atomic mass is 10.2. The smallest absolute Gasteiger partial charge is 0.142 e. The van der Waals surface area contributed by atoms with E-state index in [1.807, 2.05) is 0 Å². The molecule has 3 aromatic rings. The van der Waals surface area contributed by atoms with Crippen LogP contribution < -0.4 is 10.2 Å². The van der Waals surface area contributed by atoms with Crippen molar-refractivity contribution < 1.29 is 0 Å². The fraction of sp³-hybridized carbons (Fsp3) is 0.333. The monoisotopic (exact) mass is 324 g/mol. The van der Waals surface area contributed by atoms with Crippen molar-refractivity contribution in [3.05, 3.63) is 41.0 Å². The molecule has 0 aliphatic carbocycles. The van der Waals surface area contributed by atoms with Crippen molar-refractivity contribution in [2.45, 2.75) is 26.7 Å². The van der Waals surface area contributed by atoms with Crippen molar-refractivity contribution >= 4 is 38.7 Å². The van der Waals surface area contributed by atoms with Crippen molar-refractivity contribution in [1.82, 2.24) is 9.97 Å². The van der Waals surface area contributed by atoms with Gasteiger partial charge in [-0.25, -0.2) is 9.97 Å². The van der Waals surface area contributed by atoms with Gasteiger partial charge in [-0.15, -0.1) is 11.3 Å². The number of aryl methyl sites for hydroxylation is 2. The number of hydrogen-bond acceptors (Lipinski definition) is 5. The zero-order chi connectivity index (χ0) is 15.8. The van der Waals surface area contributed by atoms with Gasteiger partial charge in [0.15, 0.2) is 0 Å². The third kappa shape index (κ3) is 2.65. The second kappa shape index (κ2) is 5.81. The summed E-state index contributed by atoms with van der Waals surface area (Å²) in [4.78, 5) is 13.6. The number of anilines is 3. The molecule has 0 saturated carbocycles. The number of fused-ring (bicyclic) bond motifs is 1. The molecule has 23 heavy (non-hydrogen) atoms. The van der Waals surface area contributed by atoms with E-state index in [9.17, 15) is 0 Å². The molecule has 2 aromatic heterocycles. The molecule has 4 rings (SSSR count). The summed E-state index contributed by atoms with van der Waals surface area (Å²) in [6.07, 6.45) is 4.24. The predicted octanol–water partition coefficient (Wildman–Crippen LogP) is 4.65. The molecule has 5 heteroatoms. The molecule has 3 heterocycles. The zero-order valence-corrected chi connectivity index (χ0v) is 14.3. The summed E-state index contributed by atoms with van der Waals surface area (Å²) in [6.45, 7) is 6.62. The van der Waals surface area contributed by atoms with Crippen LogP contribution >= 0.6 is 11.3 Å². The number of benzene rings is 1. The molecule has 4 nitrogen and oxygen atoms in total. The van der Waals surface area contributed by atoms with E-state index < -0.39 is 0 Å². The highest BCUT2D eigenvalue weighted by molar-refractivity contribution is 7.18. The Balaban J connectivity index is 1.63. The van der Waals surface area contributed by atoms with Crippen LogP contribution in [-0.2, 0) is 0 Å². The summed E-state index contributed by atoms with van der Waals surface area (Å²) in [6, 6.07) is 8.65.